The molecule has 0 aliphatic heterocycles. The lowest BCUT2D eigenvalue weighted by molar-refractivity contribution is 0.904. The molecule has 84 valence electrons. The Morgan fingerprint density at radius 1 is 1.38 bits per heavy atom. The second kappa shape index (κ2) is 7.59. The Bertz CT molecular complexity index is 371. The first kappa shape index (κ1) is 12.4. The van der Waals surface area contributed by atoms with Crippen LogP contribution >= 0.6 is 12.2 Å². The highest BCUT2D eigenvalue weighted by atomic mass is 32.1. The maximum Gasteiger partial charge on any atom is 0.186 e. The lowest BCUT2D eigenvalue weighted by Crippen LogP contribution is -2.31. The predicted molar refractivity (Wildman–Crippen MR) is 73.4 cm³/mol. The average Bonchev–Trinajstić information content (AvgIpc) is 2.30. The van der Waals surface area contributed by atoms with E-state index in [1.165, 1.54) is 0 Å². The van der Waals surface area contributed by atoms with Crippen molar-refractivity contribution in [2.45, 2.75) is 6.92 Å². The Balaban J connectivity index is 2.32. The van der Waals surface area contributed by atoms with Crippen molar-refractivity contribution in [1.82, 2.24) is 10.7 Å². The topological polar surface area (TPSA) is 36.4 Å². The van der Waals surface area contributed by atoms with Crippen molar-refractivity contribution in [2.75, 3.05) is 6.54 Å². The van der Waals surface area contributed by atoms with Gasteiger partial charge >= 0.3 is 0 Å². The number of hydrazone groups is 1. The molecule has 0 radical (unpaired) electrons. The van der Waals surface area contributed by atoms with Crippen molar-refractivity contribution in [1.29, 1.82) is 0 Å². The monoisotopic (exact) mass is 233 g/mol. The minimum Gasteiger partial charge on any atom is -0.362 e. The Labute approximate surface area is 101 Å². The normalized spacial score (nSPS) is 10.8. The molecule has 0 fully saturated rings. The molecular formula is C12H15N3S. The highest BCUT2D eigenvalue weighted by Gasteiger charge is 1.85. The summed E-state index contributed by atoms with van der Waals surface area (Å²) >= 11 is 4.94. The highest BCUT2D eigenvalue weighted by Crippen LogP contribution is 1.99. The first-order valence-corrected chi connectivity index (χ1v) is 5.52. The van der Waals surface area contributed by atoms with Crippen LogP contribution in [0.25, 0.3) is 6.08 Å². The SMILES string of the molecule is CCNC(=S)N/N=C/C=C/c1ccccc1. The molecule has 0 saturated heterocycles. The van der Waals surface area contributed by atoms with Gasteiger partial charge in [0, 0.05) is 12.8 Å². The van der Waals surface area contributed by atoms with E-state index < -0.39 is 0 Å². The van der Waals surface area contributed by atoms with Gasteiger partial charge in [0.15, 0.2) is 5.11 Å². The maximum absolute atomic E-state index is 4.94. The molecule has 0 saturated carbocycles. The van der Waals surface area contributed by atoms with E-state index in [4.69, 9.17) is 12.2 Å². The first-order valence-electron chi connectivity index (χ1n) is 5.11. The molecule has 2 N–H and O–H groups in total. The van der Waals surface area contributed by atoms with Crippen LogP contribution in [-0.4, -0.2) is 17.9 Å². The molecule has 1 aromatic rings. The fraction of sp³-hybridized carbons (Fsp3) is 0.167. The summed E-state index contributed by atoms with van der Waals surface area (Å²) in [4.78, 5) is 0. The molecular weight excluding hydrogens is 218 g/mol. The van der Waals surface area contributed by atoms with Crippen molar-refractivity contribution in [2.24, 2.45) is 5.10 Å². The summed E-state index contributed by atoms with van der Waals surface area (Å²) in [5, 5.41) is 7.41. The molecule has 0 aromatic heterocycles. The molecule has 0 aliphatic rings. The Morgan fingerprint density at radius 3 is 2.81 bits per heavy atom. The van der Waals surface area contributed by atoms with Gasteiger partial charge in [-0.15, -0.1) is 0 Å². The summed E-state index contributed by atoms with van der Waals surface area (Å²) < 4.78 is 0. The quantitative estimate of drug-likeness (QED) is 0.475. The summed E-state index contributed by atoms with van der Waals surface area (Å²) in [5.74, 6) is 0. The lowest BCUT2D eigenvalue weighted by Gasteiger charge is -2.01. The van der Waals surface area contributed by atoms with Crippen LogP contribution in [0.1, 0.15) is 12.5 Å². The van der Waals surface area contributed by atoms with Crippen LogP contribution in [0, 0.1) is 0 Å². The predicted octanol–water partition coefficient (Wildman–Crippen LogP) is 2.17. The maximum atomic E-state index is 4.94. The van der Waals surface area contributed by atoms with Crippen molar-refractivity contribution in [3.63, 3.8) is 0 Å². The van der Waals surface area contributed by atoms with Gasteiger partial charge in [-0.3, -0.25) is 5.43 Å². The average molecular weight is 233 g/mol. The molecule has 0 heterocycles. The van der Waals surface area contributed by atoms with E-state index in [2.05, 4.69) is 15.8 Å². The van der Waals surface area contributed by atoms with Crippen LogP contribution in [0.5, 0.6) is 0 Å². The van der Waals surface area contributed by atoms with Crippen molar-refractivity contribution in [3.05, 3.63) is 42.0 Å². The van der Waals surface area contributed by atoms with Crippen LogP contribution in [0.3, 0.4) is 0 Å². The van der Waals surface area contributed by atoms with Crippen LogP contribution in [-0.2, 0) is 0 Å². The largest absolute Gasteiger partial charge is 0.362 e. The van der Waals surface area contributed by atoms with Gasteiger partial charge in [-0.05, 0) is 30.8 Å². The molecule has 0 spiro atoms. The Kier molecular flexibility index (Phi) is 5.88. The zero-order valence-electron chi connectivity index (χ0n) is 9.18. The number of rotatable bonds is 4. The summed E-state index contributed by atoms with van der Waals surface area (Å²) in [7, 11) is 0. The molecule has 1 aromatic carbocycles. The van der Waals surface area contributed by atoms with E-state index in [9.17, 15) is 0 Å². The summed E-state index contributed by atoms with van der Waals surface area (Å²) in [6.07, 6.45) is 5.50. The van der Waals surface area contributed by atoms with E-state index in [-0.39, 0.29) is 0 Å². The fourth-order valence-corrected chi connectivity index (χ4v) is 1.25. The smallest absolute Gasteiger partial charge is 0.186 e. The number of allylic oxidation sites excluding steroid dienone is 1. The van der Waals surface area contributed by atoms with Crippen LogP contribution in [0.4, 0.5) is 0 Å². The van der Waals surface area contributed by atoms with Gasteiger partial charge in [-0.1, -0.05) is 36.4 Å². The Hall–Kier alpha value is -1.68. The van der Waals surface area contributed by atoms with Gasteiger partial charge in [0.2, 0.25) is 0 Å². The second-order valence-corrected chi connectivity index (χ2v) is 3.43. The summed E-state index contributed by atoms with van der Waals surface area (Å²) in [6.45, 7) is 2.77. The highest BCUT2D eigenvalue weighted by molar-refractivity contribution is 7.80. The van der Waals surface area contributed by atoms with Gasteiger partial charge < -0.3 is 5.32 Å². The van der Waals surface area contributed by atoms with Gasteiger partial charge in [0.1, 0.15) is 0 Å². The minimum atomic E-state index is 0.534. The van der Waals surface area contributed by atoms with Crippen molar-refractivity contribution >= 4 is 29.6 Å². The minimum absolute atomic E-state index is 0.534. The second-order valence-electron chi connectivity index (χ2n) is 3.02. The summed E-state index contributed by atoms with van der Waals surface area (Å²) in [5.41, 5.74) is 3.85. The number of nitrogens with one attached hydrogen (secondary N) is 2. The van der Waals surface area contributed by atoms with E-state index in [1.54, 1.807) is 6.21 Å². The molecule has 0 amide bonds. The fourth-order valence-electron chi connectivity index (χ4n) is 1.06. The molecule has 1 rings (SSSR count). The van der Waals surface area contributed by atoms with Gasteiger partial charge in [0.25, 0.3) is 0 Å². The number of benzene rings is 1. The third kappa shape index (κ3) is 5.26. The first-order chi connectivity index (χ1) is 7.83. The van der Waals surface area contributed by atoms with E-state index in [1.807, 2.05) is 49.4 Å². The molecule has 4 heteroatoms. The third-order valence-corrected chi connectivity index (χ3v) is 1.99. The standard InChI is InChI=1S/C12H15N3S/c1-2-13-12(16)15-14-10-6-9-11-7-4-3-5-8-11/h3-10H,2H2,1H3,(H2,13,15,16)/b9-6+,14-10+. The summed E-state index contributed by atoms with van der Waals surface area (Å²) in [6, 6.07) is 10.0. The molecule has 0 aliphatic carbocycles. The van der Waals surface area contributed by atoms with E-state index in [0.29, 0.717) is 5.11 Å². The van der Waals surface area contributed by atoms with Crippen molar-refractivity contribution < 1.29 is 0 Å². The molecule has 0 atom stereocenters. The van der Waals surface area contributed by atoms with Gasteiger partial charge in [0.05, 0.1) is 0 Å². The Morgan fingerprint density at radius 2 is 2.12 bits per heavy atom. The molecule has 0 bridgehead atoms. The van der Waals surface area contributed by atoms with E-state index >= 15 is 0 Å². The van der Waals surface area contributed by atoms with Crippen LogP contribution < -0.4 is 10.7 Å². The molecule has 3 nitrogen and oxygen atoms in total. The zero-order chi connectivity index (χ0) is 11.6. The number of hydrogen-bond acceptors (Lipinski definition) is 2. The lowest BCUT2D eigenvalue weighted by atomic mass is 10.2. The zero-order valence-corrected chi connectivity index (χ0v) is 10.00. The molecule has 16 heavy (non-hydrogen) atoms. The number of hydrogen-bond donors (Lipinski definition) is 2. The van der Waals surface area contributed by atoms with Gasteiger partial charge in [-0.2, -0.15) is 5.10 Å². The number of nitrogens with zero attached hydrogens (tertiary/aromatic N) is 1. The van der Waals surface area contributed by atoms with Crippen LogP contribution in [0.2, 0.25) is 0 Å². The van der Waals surface area contributed by atoms with Crippen molar-refractivity contribution in [3.8, 4) is 0 Å². The third-order valence-electron chi connectivity index (χ3n) is 1.75. The van der Waals surface area contributed by atoms with E-state index in [0.717, 1.165) is 12.1 Å². The number of thiocarbonyl (C=S) groups is 1. The van der Waals surface area contributed by atoms with Gasteiger partial charge in [-0.25, -0.2) is 0 Å². The van der Waals surface area contributed by atoms with Crippen LogP contribution in [0.15, 0.2) is 41.5 Å². The molecule has 0 unspecified atom stereocenters.